The Kier molecular flexibility index (Phi) is 4.42. The number of methoxy groups -OCH3 is 1. The number of nitrogens with zero attached hydrogens (tertiary/aromatic N) is 2. The van der Waals surface area contributed by atoms with E-state index in [1.165, 1.54) is 11.3 Å². The van der Waals surface area contributed by atoms with Gasteiger partial charge in [0.05, 0.1) is 18.5 Å². The highest BCUT2D eigenvalue weighted by atomic mass is 79.9. The summed E-state index contributed by atoms with van der Waals surface area (Å²) in [5.41, 5.74) is 1.96. The molecule has 0 aliphatic heterocycles. The van der Waals surface area contributed by atoms with E-state index in [1.807, 2.05) is 36.6 Å². The number of thiophene rings is 1. The number of benzene rings is 1. The highest BCUT2D eigenvalue weighted by molar-refractivity contribution is 9.10. The van der Waals surface area contributed by atoms with E-state index in [4.69, 9.17) is 4.74 Å². The fraction of sp³-hybridized carbons (Fsp3) is 0.250. The van der Waals surface area contributed by atoms with Gasteiger partial charge in [-0.05, 0) is 24.6 Å². The summed E-state index contributed by atoms with van der Waals surface area (Å²) in [6.45, 7) is 2.86. The molecule has 0 unspecified atom stereocenters. The van der Waals surface area contributed by atoms with Crippen molar-refractivity contribution in [2.45, 2.75) is 13.5 Å². The molecule has 2 aromatic heterocycles. The molecular formula is C16H15BrN2O2S. The molecule has 0 spiro atoms. The van der Waals surface area contributed by atoms with E-state index >= 15 is 0 Å². The van der Waals surface area contributed by atoms with Gasteiger partial charge < -0.3 is 4.74 Å². The minimum absolute atomic E-state index is 0.00119. The zero-order valence-electron chi connectivity index (χ0n) is 12.3. The van der Waals surface area contributed by atoms with E-state index in [2.05, 4.69) is 20.9 Å². The van der Waals surface area contributed by atoms with Crippen molar-refractivity contribution in [3.05, 3.63) is 50.3 Å². The molecular weight excluding hydrogens is 364 g/mol. The summed E-state index contributed by atoms with van der Waals surface area (Å²) < 4.78 is 7.78. The number of aryl methyl sites for hydroxylation is 1. The van der Waals surface area contributed by atoms with Gasteiger partial charge in [0, 0.05) is 22.5 Å². The van der Waals surface area contributed by atoms with Crippen molar-refractivity contribution in [2.24, 2.45) is 0 Å². The minimum Gasteiger partial charge on any atom is -0.383 e. The first-order chi connectivity index (χ1) is 10.6. The van der Waals surface area contributed by atoms with E-state index < -0.39 is 0 Å². The number of halogens is 1. The third kappa shape index (κ3) is 2.74. The van der Waals surface area contributed by atoms with Gasteiger partial charge in [0.2, 0.25) is 0 Å². The molecule has 2 heterocycles. The van der Waals surface area contributed by atoms with E-state index in [9.17, 15) is 4.79 Å². The lowest BCUT2D eigenvalue weighted by Gasteiger charge is -2.09. The zero-order valence-corrected chi connectivity index (χ0v) is 14.7. The zero-order chi connectivity index (χ0) is 15.7. The molecule has 114 valence electrons. The molecule has 0 aliphatic rings. The maximum atomic E-state index is 12.8. The molecule has 22 heavy (non-hydrogen) atoms. The van der Waals surface area contributed by atoms with Gasteiger partial charge in [0.25, 0.3) is 5.56 Å². The van der Waals surface area contributed by atoms with Crippen LogP contribution in [0.15, 0.2) is 38.9 Å². The maximum Gasteiger partial charge on any atom is 0.262 e. The first-order valence-electron chi connectivity index (χ1n) is 6.85. The molecule has 0 saturated carbocycles. The van der Waals surface area contributed by atoms with Crippen LogP contribution in [0.4, 0.5) is 0 Å². The molecule has 0 radical (unpaired) electrons. The molecule has 0 aliphatic carbocycles. The van der Waals surface area contributed by atoms with Crippen LogP contribution in [0.5, 0.6) is 0 Å². The molecule has 0 saturated heterocycles. The third-order valence-electron chi connectivity index (χ3n) is 3.56. The Balaban J connectivity index is 2.21. The van der Waals surface area contributed by atoms with Crippen molar-refractivity contribution in [1.82, 2.24) is 9.55 Å². The van der Waals surface area contributed by atoms with Gasteiger partial charge >= 0.3 is 0 Å². The molecule has 0 fully saturated rings. The summed E-state index contributed by atoms with van der Waals surface area (Å²) in [6.07, 6.45) is 0. The van der Waals surface area contributed by atoms with E-state index in [0.29, 0.717) is 18.5 Å². The second-order valence-electron chi connectivity index (χ2n) is 4.95. The van der Waals surface area contributed by atoms with Crippen LogP contribution >= 0.6 is 27.3 Å². The lowest BCUT2D eigenvalue weighted by Crippen LogP contribution is -2.25. The van der Waals surface area contributed by atoms with Crippen LogP contribution in [-0.2, 0) is 11.3 Å². The van der Waals surface area contributed by atoms with Gasteiger partial charge in [0.15, 0.2) is 0 Å². The molecule has 0 bridgehead atoms. The van der Waals surface area contributed by atoms with E-state index in [-0.39, 0.29) is 5.56 Å². The Bertz CT molecular complexity index is 868. The third-order valence-corrected chi connectivity index (χ3v) is 4.96. The van der Waals surface area contributed by atoms with Crippen molar-refractivity contribution in [3.63, 3.8) is 0 Å². The smallest absolute Gasteiger partial charge is 0.262 e. The first-order valence-corrected chi connectivity index (χ1v) is 8.52. The predicted molar refractivity (Wildman–Crippen MR) is 93.6 cm³/mol. The first kappa shape index (κ1) is 15.4. The Morgan fingerprint density at radius 1 is 1.32 bits per heavy atom. The number of hydrogen-bond donors (Lipinski definition) is 0. The Morgan fingerprint density at radius 3 is 2.73 bits per heavy atom. The number of rotatable bonds is 4. The number of ether oxygens (including phenoxy) is 1. The van der Waals surface area contributed by atoms with Crippen LogP contribution in [0.3, 0.4) is 0 Å². The minimum atomic E-state index is -0.00119. The second-order valence-corrected chi connectivity index (χ2v) is 6.72. The SMILES string of the molecule is COCCn1c(C)nc2scc(-c3ccc(Br)cc3)c2c1=O. The molecule has 4 nitrogen and oxygen atoms in total. The molecule has 0 N–H and O–H groups in total. The van der Waals surface area contributed by atoms with Crippen LogP contribution in [0.25, 0.3) is 21.3 Å². The average molecular weight is 379 g/mol. The standard InChI is InChI=1S/C16H15BrN2O2S/c1-10-18-15-14(16(20)19(10)7-8-21-2)13(9-22-15)11-3-5-12(17)6-4-11/h3-6,9H,7-8H2,1-2H3. The Labute approximate surface area is 140 Å². The van der Waals surface area contributed by atoms with Gasteiger partial charge in [-0.2, -0.15) is 0 Å². The maximum absolute atomic E-state index is 12.8. The van der Waals surface area contributed by atoms with Crippen molar-refractivity contribution < 1.29 is 4.74 Å². The van der Waals surface area contributed by atoms with Crippen LogP contribution in [-0.4, -0.2) is 23.3 Å². The predicted octanol–water partition coefficient (Wildman–Crippen LogP) is 3.84. The van der Waals surface area contributed by atoms with Crippen molar-refractivity contribution in [1.29, 1.82) is 0 Å². The molecule has 3 aromatic rings. The van der Waals surface area contributed by atoms with Crippen molar-refractivity contribution in [3.8, 4) is 11.1 Å². The summed E-state index contributed by atoms with van der Waals surface area (Å²) >= 11 is 4.94. The van der Waals surface area contributed by atoms with E-state index in [0.717, 1.165) is 26.3 Å². The number of fused-ring (bicyclic) bond motifs is 1. The normalized spacial score (nSPS) is 11.2. The number of hydrogen-bond acceptors (Lipinski definition) is 4. The molecule has 3 rings (SSSR count). The molecule has 0 atom stereocenters. The van der Waals surface area contributed by atoms with Crippen LogP contribution in [0, 0.1) is 6.92 Å². The van der Waals surface area contributed by atoms with Crippen LogP contribution in [0.1, 0.15) is 5.82 Å². The lowest BCUT2D eigenvalue weighted by atomic mass is 10.1. The summed E-state index contributed by atoms with van der Waals surface area (Å²) in [4.78, 5) is 18.2. The highest BCUT2D eigenvalue weighted by Crippen LogP contribution is 2.31. The summed E-state index contributed by atoms with van der Waals surface area (Å²) in [5, 5.41) is 2.69. The second kappa shape index (κ2) is 6.32. The molecule has 1 aromatic carbocycles. The van der Waals surface area contributed by atoms with E-state index in [1.54, 1.807) is 11.7 Å². The van der Waals surface area contributed by atoms with Gasteiger partial charge in [-0.3, -0.25) is 9.36 Å². The summed E-state index contributed by atoms with van der Waals surface area (Å²) in [5.74, 6) is 0.721. The fourth-order valence-electron chi connectivity index (χ4n) is 2.41. The van der Waals surface area contributed by atoms with Gasteiger partial charge in [-0.1, -0.05) is 28.1 Å². The summed E-state index contributed by atoms with van der Waals surface area (Å²) in [7, 11) is 1.63. The fourth-order valence-corrected chi connectivity index (χ4v) is 3.66. The summed E-state index contributed by atoms with van der Waals surface area (Å²) in [6, 6.07) is 7.96. The van der Waals surface area contributed by atoms with Crippen molar-refractivity contribution in [2.75, 3.05) is 13.7 Å². The van der Waals surface area contributed by atoms with Crippen molar-refractivity contribution >= 4 is 37.5 Å². The van der Waals surface area contributed by atoms with Gasteiger partial charge in [-0.25, -0.2) is 4.98 Å². The van der Waals surface area contributed by atoms with Gasteiger partial charge in [0.1, 0.15) is 10.7 Å². The van der Waals surface area contributed by atoms with Gasteiger partial charge in [-0.15, -0.1) is 11.3 Å². The largest absolute Gasteiger partial charge is 0.383 e. The number of aromatic nitrogens is 2. The topological polar surface area (TPSA) is 44.1 Å². The molecule has 6 heteroatoms. The highest BCUT2D eigenvalue weighted by Gasteiger charge is 2.15. The quantitative estimate of drug-likeness (QED) is 0.692. The Morgan fingerprint density at radius 2 is 2.05 bits per heavy atom. The van der Waals surface area contributed by atoms with Crippen LogP contribution in [0.2, 0.25) is 0 Å². The molecule has 0 amide bonds. The lowest BCUT2D eigenvalue weighted by molar-refractivity contribution is 0.185. The monoisotopic (exact) mass is 378 g/mol. The van der Waals surface area contributed by atoms with Crippen LogP contribution < -0.4 is 5.56 Å². The average Bonchev–Trinajstić information content (AvgIpc) is 2.92. The Hall–Kier alpha value is -1.50.